The molecule has 0 aromatic heterocycles. The quantitative estimate of drug-likeness (QED) is 0.651. The third-order valence-corrected chi connectivity index (χ3v) is 1.83. The second kappa shape index (κ2) is 8.86. The number of nitrogens with one attached hydrogen (secondary N) is 4. The number of hydrogen-bond acceptors (Lipinski definition) is 2. The van der Waals surface area contributed by atoms with Crippen molar-refractivity contribution in [3.8, 4) is 0 Å². The normalized spacial score (nSPS) is 8.44. The van der Waals surface area contributed by atoms with E-state index in [1.807, 2.05) is 13.8 Å². The predicted octanol–water partition coefficient (Wildman–Crippen LogP) is 2.22. The van der Waals surface area contributed by atoms with Crippen molar-refractivity contribution in [1.82, 2.24) is 10.6 Å². The van der Waals surface area contributed by atoms with Crippen molar-refractivity contribution >= 4 is 23.4 Å². The molecule has 0 spiro atoms. The first-order chi connectivity index (χ1) is 8.65. The standard InChI is InChI=1S/C10H14N4O2.C2H6/c1-11-9(15)13-7-4-3-5-8(6-7)14-10(16)12-2;1-2/h3-6H,1-2H3,(H2,11,13,15)(H2,12,14,16);1-2H3. The van der Waals surface area contributed by atoms with Gasteiger partial charge in [0.15, 0.2) is 0 Å². The van der Waals surface area contributed by atoms with Crippen molar-refractivity contribution in [3.05, 3.63) is 24.3 Å². The molecule has 0 bridgehead atoms. The highest BCUT2D eigenvalue weighted by Crippen LogP contribution is 2.14. The molecule has 100 valence electrons. The molecule has 1 aromatic carbocycles. The number of urea groups is 2. The van der Waals surface area contributed by atoms with Gasteiger partial charge in [-0.15, -0.1) is 0 Å². The lowest BCUT2D eigenvalue weighted by Gasteiger charge is -2.07. The fraction of sp³-hybridized carbons (Fsp3) is 0.333. The number of benzene rings is 1. The van der Waals surface area contributed by atoms with Crippen LogP contribution in [0.15, 0.2) is 24.3 Å². The van der Waals surface area contributed by atoms with E-state index in [9.17, 15) is 9.59 Å². The first-order valence-corrected chi connectivity index (χ1v) is 5.73. The summed E-state index contributed by atoms with van der Waals surface area (Å²) in [4.78, 5) is 22.1. The van der Waals surface area contributed by atoms with Gasteiger partial charge in [0.25, 0.3) is 0 Å². The van der Waals surface area contributed by atoms with Crippen LogP contribution in [0, 0.1) is 0 Å². The van der Waals surface area contributed by atoms with Crippen molar-refractivity contribution < 1.29 is 9.59 Å². The molecule has 0 saturated heterocycles. The molecule has 1 rings (SSSR count). The lowest BCUT2D eigenvalue weighted by Crippen LogP contribution is -2.25. The summed E-state index contributed by atoms with van der Waals surface area (Å²) in [6.07, 6.45) is 0. The smallest absolute Gasteiger partial charge is 0.318 e. The Balaban J connectivity index is 0.00000137. The van der Waals surface area contributed by atoms with Crippen LogP contribution in [0.2, 0.25) is 0 Å². The Morgan fingerprint density at radius 2 is 1.28 bits per heavy atom. The van der Waals surface area contributed by atoms with Gasteiger partial charge in [-0.25, -0.2) is 9.59 Å². The van der Waals surface area contributed by atoms with Gasteiger partial charge in [-0.1, -0.05) is 19.9 Å². The van der Waals surface area contributed by atoms with E-state index in [0.29, 0.717) is 11.4 Å². The van der Waals surface area contributed by atoms with Crippen LogP contribution in [0.3, 0.4) is 0 Å². The van der Waals surface area contributed by atoms with Gasteiger partial charge in [0, 0.05) is 25.5 Å². The SMILES string of the molecule is CC.CNC(=O)Nc1cccc(NC(=O)NC)c1. The Morgan fingerprint density at radius 3 is 1.61 bits per heavy atom. The highest BCUT2D eigenvalue weighted by Gasteiger charge is 2.01. The minimum absolute atomic E-state index is 0.308. The minimum Gasteiger partial charge on any atom is -0.341 e. The van der Waals surface area contributed by atoms with E-state index in [0.717, 1.165) is 0 Å². The summed E-state index contributed by atoms with van der Waals surface area (Å²) in [5.41, 5.74) is 1.21. The van der Waals surface area contributed by atoms with E-state index >= 15 is 0 Å². The Morgan fingerprint density at radius 1 is 0.889 bits per heavy atom. The molecule has 0 aliphatic carbocycles. The Bertz CT molecular complexity index is 360. The molecule has 1 aromatic rings. The van der Waals surface area contributed by atoms with Crippen LogP contribution in [-0.4, -0.2) is 26.2 Å². The summed E-state index contributed by atoms with van der Waals surface area (Å²) in [7, 11) is 3.06. The van der Waals surface area contributed by atoms with Crippen LogP contribution >= 0.6 is 0 Å². The predicted molar refractivity (Wildman–Crippen MR) is 73.9 cm³/mol. The third kappa shape index (κ3) is 5.74. The molecular formula is C12H20N4O2. The average Bonchev–Trinajstić information content (AvgIpc) is 2.41. The first-order valence-electron chi connectivity index (χ1n) is 5.73. The van der Waals surface area contributed by atoms with Crippen molar-refractivity contribution in [1.29, 1.82) is 0 Å². The number of carbonyl (C=O) groups is 2. The summed E-state index contributed by atoms with van der Waals surface area (Å²) < 4.78 is 0. The molecule has 0 radical (unpaired) electrons. The fourth-order valence-corrected chi connectivity index (χ4v) is 1.06. The monoisotopic (exact) mass is 252 g/mol. The molecular weight excluding hydrogens is 232 g/mol. The van der Waals surface area contributed by atoms with Crippen molar-refractivity contribution in [2.45, 2.75) is 13.8 Å². The van der Waals surface area contributed by atoms with Crippen molar-refractivity contribution in [2.24, 2.45) is 0 Å². The average molecular weight is 252 g/mol. The lowest BCUT2D eigenvalue weighted by molar-refractivity contribution is 0.253. The van der Waals surface area contributed by atoms with E-state index in [1.165, 1.54) is 14.1 Å². The molecule has 0 saturated carbocycles. The van der Waals surface area contributed by atoms with Gasteiger partial charge in [-0.2, -0.15) is 0 Å². The summed E-state index contributed by atoms with van der Waals surface area (Å²) >= 11 is 0. The highest BCUT2D eigenvalue weighted by atomic mass is 16.2. The van der Waals surface area contributed by atoms with Gasteiger partial charge < -0.3 is 21.3 Å². The van der Waals surface area contributed by atoms with Crippen LogP contribution in [0.4, 0.5) is 21.0 Å². The molecule has 6 nitrogen and oxygen atoms in total. The summed E-state index contributed by atoms with van der Waals surface area (Å²) in [5, 5.41) is 10.1. The van der Waals surface area contributed by atoms with Gasteiger partial charge in [0.1, 0.15) is 0 Å². The largest absolute Gasteiger partial charge is 0.341 e. The summed E-state index contributed by atoms with van der Waals surface area (Å²) in [6, 6.07) is 6.23. The molecule has 0 heterocycles. The van der Waals surface area contributed by atoms with Crippen LogP contribution < -0.4 is 21.3 Å². The van der Waals surface area contributed by atoms with E-state index in [4.69, 9.17) is 0 Å². The molecule has 0 fully saturated rings. The molecule has 18 heavy (non-hydrogen) atoms. The van der Waals surface area contributed by atoms with Gasteiger partial charge in [0.2, 0.25) is 0 Å². The Kier molecular flexibility index (Phi) is 7.76. The molecule has 0 aliphatic rings. The summed E-state index contributed by atoms with van der Waals surface area (Å²) in [5.74, 6) is 0. The summed E-state index contributed by atoms with van der Waals surface area (Å²) in [6.45, 7) is 4.00. The highest BCUT2D eigenvalue weighted by molar-refractivity contribution is 5.92. The molecule has 4 amide bonds. The van der Waals surface area contributed by atoms with E-state index in [2.05, 4.69) is 21.3 Å². The van der Waals surface area contributed by atoms with Crippen LogP contribution in [-0.2, 0) is 0 Å². The number of carbonyl (C=O) groups excluding carboxylic acids is 2. The molecule has 6 heteroatoms. The topological polar surface area (TPSA) is 82.3 Å². The Labute approximate surface area is 107 Å². The van der Waals surface area contributed by atoms with E-state index in [1.54, 1.807) is 24.3 Å². The maximum atomic E-state index is 11.0. The van der Waals surface area contributed by atoms with Gasteiger partial charge in [-0.05, 0) is 18.2 Å². The lowest BCUT2D eigenvalue weighted by atomic mass is 10.3. The van der Waals surface area contributed by atoms with Gasteiger partial charge in [0.05, 0.1) is 0 Å². The maximum absolute atomic E-state index is 11.0. The molecule has 0 aliphatic heterocycles. The van der Waals surface area contributed by atoms with Crippen molar-refractivity contribution in [3.63, 3.8) is 0 Å². The number of hydrogen-bond donors (Lipinski definition) is 4. The number of amides is 4. The maximum Gasteiger partial charge on any atom is 0.318 e. The van der Waals surface area contributed by atoms with Crippen LogP contribution in [0.25, 0.3) is 0 Å². The van der Waals surface area contributed by atoms with E-state index < -0.39 is 0 Å². The Hall–Kier alpha value is -2.24. The van der Waals surface area contributed by atoms with E-state index in [-0.39, 0.29) is 12.1 Å². The van der Waals surface area contributed by atoms with Gasteiger partial charge >= 0.3 is 12.1 Å². The minimum atomic E-state index is -0.308. The second-order valence-corrected chi connectivity index (χ2v) is 2.99. The zero-order chi connectivity index (χ0) is 14.0. The zero-order valence-electron chi connectivity index (χ0n) is 11.1. The zero-order valence-corrected chi connectivity index (χ0v) is 11.1. The molecule has 0 unspecified atom stereocenters. The van der Waals surface area contributed by atoms with Crippen LogP contribution in [0.1, 0.15) is 13.8 Å². The first kappa shape index (κ1) is 15.8. The third-order valence-electron chi connectivity index (χ3n) is 1.83. The fourth-order valence-electron chi connectivity index (χ4n) is 1.06. The second-order valence-electron chi connectivity index (χ2n) is 2.99. The number of rotatable bonds is 2. The molecule has 0 atom stereocenters. The molecule has 4 N–H and O–H groups in total. The van der Waals surface area contributed by atoms with Gasteiger partial charge in [-0.3, -0.25) is 0 Å². The van der Waals surface area contributed by atoms with Crippen LogP contribution in [0.5, 0.6) is 0 Å². The number of anilines is 2. The van der Waals surface area contributed by atoms with Crippen molar-refractivity contribution in [2.75, 3.05) is 24.7 Å².